The summed E-state index contributed by atoms with van der Waals surface area (Å²) >= 11 is 0. The molecule has 0 saturated heterocycles. The van der Waals surface area contributed by atoms with Gasteiger partial charge in [0.1, 0.15) is 0 Å². The molecule has 3 nitrogen and oxygen atoms in total. The zero-order valence-electron chi connectivity index (χ0n) is 12.7. The molecule has 3 atom stereocenters. The average Bonchev–Trinajstić information content (AvgIpc) is 2.56. The van der Waals surface area contributed by atoms with E-state index in [1.54, 1.807) is 7.11 Å². The average molecular weight is 256 g/mol. The summed E-state index contributed by atoms with van der Waals surface area (Å²) in [5.41, 5.74) is 0. The van der Waals surface area contributed by atoms with Gasteiger partial charge in [-0.15, -0.1) is 0 Å². The van der Waals surface area contributed by atoms with Crippen LogP contribution in [-0.4, -0.2) is 50.8 Å². The standard InChI is InChI=1S/C15H32N2O/c1-5-16-15-10-8-6-7-9-14(15)11-17(3)13(2)12-18-4/h13-16H,5-12H2,1-4H3. The molecule has 0 aromatic carbocycles. The van der Waals surface area contributed by atoms with E-state index in [1.807, 2.05) is 0 Å². The molecule has 1 rings (SSSR count). The molecule has 1 aliphatic rings. The first-order valence-corrected chi connectivity index (χ1v) is 7.61. The number of likely N-dealkylation sites (N-methyl/N-ethyl adjacent to an activating group) is 1. The molecular formula is C15H32N2O. The first-order valence-electron chi connectivity index (χ1n) is 7.61. The highest BCUT2D eigenvalue weighted by atomic mass is 16.5. The molecule has 18 heavy (non-hydrogen) atoms. The lowest BCUT2D eigenvalue weighted by molar-refractivity contribution is 0.0985. The highest BCUT2D eigenvalue weighted by molar-refractivity contribution is 4.82. The zero-order valence-corrected chi connectivity index (χ0v) is 12.7. The van der Waals surface area contributed by atoms with Crippen molar-refractivity contribution in [3.8, 4) is 0 Å². The van der Waals surface area contributed by atoms with Crippen molar-refractivity contribution >= 4 is 0 Å². The lowest BCUT2D eigenvalue weighted by Crippen LogP contribution is -2.44. The van der Waals surface area contributed by atoms with Crippen LogP contribution in [0.4, 0.5) is 0 Å². The third-order valence-corrected chi connectivity index (χ3v) is 4.31. The smallest absolute Gasteiger partial charge is 0.0615 e. The Morgan fingerprint density at radius 3 is 2.67 bits per heavy atom. The summed E-state index contributed by atoms with van der Waals surface area (Å²) < 4.78 is 5.26. The molecule has 0 radical (unpaired) electrons. The van der Waals surface area contributed by atoms with Gasteiger partial charge in [0, 0.05) is 25.7 Å². The van der Waals surface area contributed by atoms with Crippen LogP contribution in [0.5, 0.6) is 0 Å². The van der Waals surface area contributed by atoms with Gasteiger partial charge in [-0.25, -0.2) is 0 Å². The summed E-state index contributed by atoms with van der Waals surface area (Å²) in [5.74, 6) is 0.803. The van der Waals surface area contributed by atoms with E-state index >= 15 is 0 Å². The molecular weight excluding hydrogens is 224 g/mol. The Balaban J connectivity index is 2.48. The van der Waals surface area contributed by atoms with Gasteiger partial charge >= 0.3 is 0 Å². The van der Waals surface area contributed by atoms with Crippen molar-refractivity contribution in [2.45, 2.75) is 58.0 Å². The van der Waals surface area contributed by atoms with Crippen molar-refractivity contribution in [1.82, 2.24) is 10.2 Å². The number of methoxy groups -OCH3 is 1. The van der Waals surface area contributed by atoms with Crippen LogP contribution in [0.15, 0.2) is 0 Å². The van der Waals surface area contributed by atoms with Crippen LogP contribution < -0.4 is 5.32 Å². The van der Waals surface area contributed by atoms with E-state index < -0.39 is 0 Å². The summed E-state index contributed by atoms with van der Waals surface area (Å²) in [5, 5.41) is 3.69. The molecule has 0 amide bonds. The largest absolute Gasteiger partial charge is 0.383 e. The minimum Gasteiger partial charge on any atom is -0.383 e. The van der Waals surface area contributed by atoms with Crippen molar-refractivity contribution < 1.29 is 4.74 Å². The topological polar surface area (TPSA) is 24.5 Å². The fourth-order valence-corrected chi connectivity index (χ4v) is 3.05. The van der Waals surface area contributed by atoms with Crippen LogP contribution >= 0.6 is 0 Å². The Morgan fingerprint density at radius 2 is 2.00 bits per heavy atom. The number of rotatable bonds is 7. The minimum atomic E-state index is 0.514. The maximum Gasteiger partial charge on any atom is 0.0615 e. The van der Waals surface area contributed by atoms with Crippen LogP contribution in [0.3, 0.4) is 0 Å². The van der Waals surface area contributed by atoms with Crippen LogP contribution in [0.2, 0.25) is 0 Å². The van der Waals surface area contributed by atoms with Gasteiger partial charge in [0.2, 0.25) is 0 Å². The van der Waals surface area contributed by atoms with Gasteiger partial charge in [-0.05, 0) is 39.3 Å². The molecule has 1 fully saturated rings. The van der Waals surface area contributed by atoms with Gasteiger partial charge in [0.15, 0.2) is 0 Å². The second-order valence-corrected chi connectivity index (χ2v) is 5.81. The molecule has 0 spiro atoms. The van der Waals surface area contributed by atoms with Gasteiger partial charge < -0.3 is 15.0 Å². The van der Waals surface area contributed by atoms with E-state index in [0.29, 0.717) is 6.04 Å². The second kappa shape index (κ2) is 8.89. The van der Waals surface area contributed by atoms with E-state index in [2.05, 4.69) is 31.1 Å². The van der Waals surface area contributed by atoms with E-state index in [1.165, 1.54) is 38.6 Å². The summed E-state index contributed by atoms with van der Waals surface area (Å²) in [6, 6.07) is 1.23. The minimum absolute atomic E-state index is 0.514. The SMILES string of the molecule is CCNC1CCCCCC1CN(C)C(C)COC. The second-order valence-electron chi connectivity index (χ2n) is 5.81. The third-order valence-electron chi connectivity index (χ3n) is 4.31. The van der Waals surface area contributed by atoms with Gasteiger partial charge in [-0.3, -0.25) is 0 Å². The number of hydrogen-bond acceptors (Lipinski definition) is 3. The van der Waals surface area contributed by atoms with Crippen LogP contribution in [-0.2, 0) is 4.74 Å². The lowest BCUT2D eigenvalue weighted by atomic mass is 9.93. The molecule has 0 aromatic rings. The van der Waals surface area contributed by atoms with E-state index in [4.69, 9.17) is 4.74 Å². The van der Waals surface area contributed by atoms with Crippen molar-refractivity contribution in [1.29, 1.82) is 0 Å². The molecule has 0 aliphatic heterocycles. The predicted molar refractivity (Wildman–Crippen MR) is 78.0 cm³/mol. The number of nitrogens with one attached hydrogen (secondary N) is 1. The molecule has 108 valence electrons. The summed E-state index contributed by atoms with van der Waals surface area (Å²) in [6.07, 6.45) is 6.94. The fraction of sp³-hybridized carbons (Fsp3) is 1.00. The monoisotopic (exact) mass is 256 g/mol. The Hall–Kier alpha value is -0.120. The lowest BCUT2D eigenvalue weighted by Gasteiger charge is -2.32. The van der Waals surface area contributed by atoms with Crippen molar-refractivity contribution in [2.24, 2.45) is 5.92 Å². The highest BCUT2D eigenvalue weighted by Gasteiger charge is 2.25. The summed E-state index contributed by atoms with van der Waals surface area (Å²) in [6.45, 7) is 7.59. The predicted octanol–water partition coefficient (Wildman–Crippen LogP) is 2.51. The van der Waals surface area contributed by atoms with Gasteiger partial charge in [0.05, 0.1) is 6.61 Å². The Labute approximate surface area is 113 Å². The van der Waals surface area contributed by atoms with Crippen LogP contribution in [0.1, 0.15) is 46.0 Å². The Morgan fingerprint density at radius 1 is 1.28 bits per heavy atom. The quantitative estimate of drug-likeness (QED) is 0.708. The van der Waals surface area contributed by atoms with Crippen LogP contribution in [0.25, 0.3) is 0 Å². The molecule has 1 saturated carbocycles. The summed E-state index contributed by atoms with van der Waals surface area (Å²) in [4.78, 5) is 2.46. The molecule has 3 unspecified atom stereocenters. The first-order chi connectivity index (χ1) is 8.69. The fourth-order valence-electron chi connectivity index (χ4n) is 3.05. The van der Waals surface area contributed by atoms with E-state index in [-0.39, 0.29) is 0 Å². The van der Waals surface area contributed by atoms with Crippen LogP contribution in [0, 0.1) is 5.92 Å². The van der Waals surface area contributed by atoms with E-state index in [0.717, 1.165) is 25.1 Å². The first kappa shape index (κ1) is 15.9. The maximum atomic E-state index is 5.26. The number of ether oxygens (including phenoxy) is 1. The van der Waals surface area contributed by atoms with Crippen molar-refractivity contribution in [3.63, 3.8) is 0 Å². The van der Waals surface area contributed by atoms with E-state index in [9.17, 15) is 0 Å². The van der Waals surface area contributed by atoms with Crippen molar-refractivity contribution in [2.75, 3.05) is 33.9 Å². The van der Waals surface area contributed by atoms with Gasteiger partial charge in [-0.1, -0.05) is 26.2 Å². The Bertz CT molecular complexity index is 211. The molecule has 1 aliphatic carbocycles. The molecule has 0 bridgehead atoms. The van der Waals surface area contributed by atoms with Gasteiger partial charge in [0.25, 0.3) is 0 Å². The summed E-state index contributed by atoms with van der Waals surface area (Å²) in [7, 11) is 4.02. The molecule has 0 heterocycles. The van der Waals surface area contributed by atoms with Gasteiger partial charge in [-0.2, -0.15) is 0 Å². The van der Waals surface area contributed by atoms with Crippen molar-refractivity contribution in [3.05, 3.63) is 0 Å². The zero-order chi connectivity index (χ0) is 13.4. The highest BCUT2D eigenvalue weighted by Crippen LogP contribution is 2.24. The number of hydrogen-bond donors (Lipinski definition) is 1. The Kier molecular flexibility index (Phi) is 7.87. The maximum absolute atomic E-state index is 5.26. The number of nitrogens with zero attached hydrogens (tertiary/aromatic N) is 1. The normalized spacial score (nSPS) is 27.2. The molecule has 0 aromatic heterocycles. The third kappa shape index (κ3) is 5.25. The molecule has 3 heteroatoms. The molecule has 1 N–H and O–H groups in total.